The predicted octanol–water partition coefficient (Wildman–Crippen LogP) is 1.31. The van der Waals surface area contributed by atoms with Gasteiger partial charge in [-0.15, -0.1) is 0 Å². The van der Waals surface area contributed by atoms with Gasteiger partial charge in [-0.05, 0) is 17.7 Å². The van der Waals surface area contributed by atoms with Gasteiger partial charge in [-0.25, -0.2) is 9.18 Å². The van der Waals surface area contributed by atoms with E-state index >= 15 is 0 Å². The number of nitrogens with one attached hydrogen (secondary N) is 1. The van der Waals surface area contributed by atoms with Crippen molar-refractivity contribution in [1.82, 2.24) is 5.32 Å². The monoisotopic (exact) mass is 197 g/mol. The van der Waals surface area contributed by atoms with E-state index in [4.69, 9.17) is 5.11 Å². The number of ether oxygens (including phenoxy) is 1. The van der Waals surface area contributed by atoms with Crippen LogP contribution in [0.5, 0.6) is 5.75 Å². The average molecular weight is 197 g/mol. The van der Waals surface area contributed by atoms with Gasteiger partial charge in [0.15, 0.2) is 11.6 Å². The van der Waals surface area contributed by atoms with E-state index in [1.807, 2.05) is 0 Å². The van der Waals surface area contributed by atoms with Crippen LogP contribution in [0.25, 0.3) is 0 Å². The van der Waals surface area contributed by atoms with Crippen LogP contribution in [0, 0.1) is 5.82 Å². The molecule has 4 nitrogen and oxygen atoms in total. The lowest BCUT2D eigenvalue weighted by atomic mass is 10.1. The first-order chi connectivity index (χ1) is 6.66. The average Bonchev–Trinajstić information content (AvgIpc) is 2.57. The standard InChI is InChI=1S/C9H8FNO3/c10-6-3-5(1-2-8(6)12)7-4-14-9(13)11-7/h1-3,7,12H,4H2,(H,11,13)/t7-/m1/s1. The van der Waals surface area contributed by atoms with Crippen LogP contribution in [0.1, 0.15) is 11.6 Å². The van der Waals surface area contributed by atoms with Gasteiger partial charge in [-0.3, -0.25) is 0 Å². The van der Waals surface area contributed by atoms with Crippen LogP contribution in [-0.4, -0.2) is 17.8 Å². The van der Waals surface area contributed by atoms with Gasteiger partial charge in [-0.2, -0.15) is 0 Å². The normalized spacial score (nSPS) is 20.4. The van der Waals surface area contributed by atoms with Crippen molar-refractivity contribution in [1.29, 1.82) is 0 Å². The second-order valence-electron chi connectivity index (χ2n) is 3.01. The number of hydrogen-bond acceptors (Lipinski definition) is 3. The van der Waals surface area contributed by atoms with Crippen LogP contribution in [0.3, 0.4) is 0 Å². The fourth-order valence-corrected chi connectivity index (χ4v) is 1.30. The van der Waals surface area contributed by atoms with Crippen molar-refractivity contribution < 1.29 is 19.0 Å². The number of carbonyl (C=O) groups is 1. The summed E-state index contributed by atoms with van der Waals surface area (Å²) in [4.78, 5) is 10.7. The van der Waals surface area contributed by atoms with Gasteiger partial charge >= 0.3 is 6.09 Å². The molecule has 2 N–H and O–H groups in total. The molecule has 1 aliphatic heterocycles. The fourth-order valence-electron chi connectivity index (χ4n) is 1.30. The quantitative estimate of drug-likeness (QED) is 0.713. The first-order valence-corrected chi connectivity index (χ1v) is 4.08. The second kappa shape index (κ2) is 3.17. The third-order valence-electron chi connectivity index (χ3n) is 2.05. The summed E-state index contributed by atoms with van der Waals surface area (Å²) in [7, 11) is 0. The van der Waals surface area contributed by atoms with Crippen molar-refractivity contribution in [3.05, 3.63) is 29.6 Å². The molecule has 1 aromatic carbocycles. The van der Waals surface area contributed by atoms with Crippen LogP contribution in [0.4, 0.5) is 9.18 Å². The van der Waals surface area contributed by atoms with E-state index in [2.05, 4.69) is 10.1 Å². The second-order valence-corrected chi connectivity index (χ2v) is 3.01. The molecule has 1 amide bonds. The molecule has 1 aromatic rings. The molecule has 1 fully saturated rings. The molecule has 0 radical (unpaired) electrons. The van der Waals surface area contributed by atoms with Crippen LogP contribution in [0.15, 0.2) is 18.2 Å². The summed E-state index contributed by atoms with van der Waals surface area (Å²) < 4.78 is 17.6. The summed E-state index contributed by atoms with van der Waals surface area (Å²) in [5.74, 6) is -1.11. The summed E-state index contributed by atoms with van der Waals surface area (Å²) in [6, 6.07) is 3.62. The molecule has 0 aromatic heterocycles. The maximum atomic E-state index is 12.9. The van der Waals surface area contributed by atoms with E-state index in [1.165, 1.54) is 18.2 Å². The minimum atomic E-state index is -0.705. The Morgan fingerprint density at radius 1 is 1.57 bits per heavy atom. The Hall–Kier alpha value is -1.78. The predicted molar refractivity (Wildman–Crippen MR) is 45.3 cm³/mol. The van der Waals surface area contributed by atoms with Crippen LogP contribution in [0.2, 0.25) is 0 Å². The summed E-state index contributed by atoms with van der Waals surface area (Å²) in [6.07, 6.45) is -0.511. The van der Waals surface area contributed by atoms with E-state index in [9.17, 15) is 9.18 Å². The topological polar surface area (TPSA) is 58.6 Å². The number of rotatable bonds is 1. The van der Waals surface area contributed by atoms with Crippen molar-refractivity contribution >= 4 is 6.09 Å². The zero-order chi connectivity index (χ0) is 10.1. The summed E-state index contributed by atoms with van der Waals surface area (Å²) in [6.45, 7) is 0.184. The van der Waals surface area contributed by atoms with E-state index in [0.29, 0.717) is 5.56 Å². The maximum absolute atomic E-state index is 12.9. The van der Waals surface area contributed by atoms with Crippen LogP contribution in [-0.2, 0) is 4.74 Å². The van der Waals surface area contributed by atoms with Crippen LogP contribution < -0.4 is 5.32 Å². The molecule has 2 rings (SSSR count). The number of alkyl carbamates (subject to hydrolysis) is 1. The minimum Gasteiger partial charge on any atom is -0.505 e. The van der Waals surface area contributed by atoms with E-state index in [0.717, 1.165) is 0 Å². The van der Waals surface area contributed by atoms with Crippen molar-refractivity contribution in [2.45, 2.75) is 6.04 Å². The highest BCUT2D eigenvalue weighted by Gasteiger charge is 2.24. The van der Waals surface area contributed by atoms with Crippen molar-refractivity contribution in [3.8, 4) is 5.75 Å². The van der Waals surface area contributed by atoms with E-state index in [-0.39, 0.29) is 12.6 Å². The molecule has 1 atom stereocenters. The Balaban J connectivity index is 2.24. The zero-order valence-electron chi connectivity index (χ0n) is 7.16. The van der Waals surface area contributed by atoms with Gasteiger partial charge in [-0.1, -0.05) is 6.07 Å². The maximum Gasteiger partial charge on any atom is 0.407 e. The molecule has 0 bridgehead atoms. The lowest BCUT2D eigenvalue weighted by Crippen LogP contribution is -2.18. The fraction of sp³-hybridized carbons (Fsp3) is 0.222. The number of cyclic esters (lactones) is 1. The van der Waals surface area contributed by atoms with Gasteiger partial charge in [0.2, 0.25) is 0 Å². The Labute approximate surface area is 79.3 Å². The zero-order valence-corrected chi connectivity index (χ0v) is 7.16. The number of hydrogen-bond donors (Lipinski definition) is 2. The molecule has 0 aliphatic carbocycles. The molecule has 0 spiro atoms. The third kappa shape index (κ3) is 1.48. The molecule has 14 heavy (non-hydrogen) atoms. The summed E-state index contributed by atoms with van der Waals surface area (Å²) >= 11 is 0. The number of phenols is 1. The van der Waals surface area contributed by atoms with Gasteiger partial charge < -0.3 is 15.2 Å². The number of carbonyl (C=O) groups excluding carboxylic acids is 1. The highest BCUT2D eigenvalue weighted by atomic mass is 19.1. The van der Waals surface area contributed by atoms with Gasteiger partial charge in [0.1, 0.15) is 6.61 Å². The minimum absolute atomic E-state index is 0.184. The number of halogens is 1. The number of benzene rings is 1. The van der Waals surface area contributed by atoms with E-state index < -0.39 is 17.7 Å². The van der Waals surface area contributed by atoms with Gasteiger partial charge in [0.25, 0.3) is 0 Å². The smallest absolute Gasteiger partial charge is 0.407 e. The number of amides is 1. The Morgan fingerprint density at radius 2 is 2.36 bits per heavy atom. The lowest BCUT2D eigenvalue weighted by Gasteiger charge is -2.07. The Morgan fingerprint density at radius 3 is 2.93 bits per heavy atom. The molecule has 1 aliphatic rings. The molecule has 0 saturated carbocycles. The number of aromatic hydroxyl groups is 1. The molecule has 1 heterocycles. The molecular weight excluding hydrogens is 189 g/mol. The largest absolute Gasteiger partial charge is 0.505 e. The first-order valence-electron chi connectivity index (χ1n) is 4.08. The summed E-state index contributed by atoms with van der Waals surface area (Å²) in [5, 5.41) is 11.5. The lowest BCUT2D eigenvalue weighted by molar-refractivity contribution is 0.177. The number of phenolic OH excluding ortho intramolecular Hbond substituents is 1. The highest BCUT2D eigenvalue weighted by Crippen LogP contribution is 2.23. The Bertz CT molecular complexity index is 380. The first kappa shape index (κ1) is 8.80. The summed E-state index contributed by atoms with van der Waals surface area (Å²) in [5.41, 5.74) is 0.575. The van der Waals surface area contributed by atoms with Gasteiger partial charge in [0, 0.05) is 0 Å². The van der Waals surface area contributed by atoms with Crippen LogP contribution >= 0.6 is 0 Å². The van der Waals surface area contributed by atoms with Crippen molar-refractivity contribution in [2.24, 2.45) is 0 Å². The van der Waals surface area contributed by atoms with Crippen molar-refractivity contribution in [2.75, 3.05) is 6.61 Å². The molecule has 5 heteroatoms. The van der Waals surface area contributed by atoms with E-state index in [1.54, 1.807) is 0 Å². The van der Waals surface area contributed by atoms with Crippen molar-refractivity contribution in [3.63, 3.8) is 0 Å². The molecule has 74 valence electrons. The molecule has 1 saturated heterocycles. The Kier molecular flexibility index (Phi) is 1.99. The SMILES string of the molecule is O=C1N[C@@H](c2ccc(O)c(F)c2)CO1. The third-order valence-corrected chi connectivity index (χ3v) is 2.05. The highest BCUT2D eigenvalue weighted by molar-refractivity contribution is 5.70. The molecule has 0 unspecified atom stereocenters. The molecular formula is C9H8FNO3. The van der Waals surface area contributed by atoms with Gasteiger partial charge in [0.05, 0.1) is 6.04 Å².